The van der Waals surface area contributed by atoms with Crippen molar-refractivity contribution in [2.45, 2.75) is 50.7 Å². The van der Waals surface area contributed by atoms with Gasteiger partial charge < -0.3 is 29.6 Å². The van der Waals surface area contributed by atoms with Crippen LogP contribution in [0, 0.1) is 0 Å². The molecule has 4 N–H and O–H groups in total. The summed E-state index contributed by atoms with van der Waals surface area (Å²) >= 11 is 0. The molecule has 2 aromatic carbocycles. The molecule has 0 saturated heterocycles. The zero-order valence-corrected chi connectivity index (χ0v) is 23.2. The van der Waals surface area contributed by atoms with Gasteiger partial charge in [-0.2, -0.15) is 0 Å². The van der Waals surface area contributed by atoms with Crippen LogP contribution in [0.5, 0.6) is 23.0 Å². The van der Waals surface area contributed by atoms with Crippen molar-refractivity contribution in [1.29, 1.82) is 0 Å². The fraction of sp³-hybridized carbons (Fsp3) is 0.429. The lowest BCUT2D eigenvalue weighted by Crippen LogP contribution is -2.54. The fourth-order valence-electron chi connectivity index (χ4n) is 4.98. The van der Waals surface area contributed by atoms with Crippen molar-refractivity contribution in [1.82, 2.24) is 9.97 Å². The molecule has 1 atom stereocenters. The molecule has 1 aromatic heterocycles. The van der Waals surface area contributed by atoms with E-state index in [1.54, 1.807) is 40.6 Å². The Kier molecular flexibility index (Phi) is 8.98. The number of benzene rings is 2. The number of aromatic nitrogens is 2. The molecule has 1 heterocycles. The second-order valence-corrected chi connectivity index (χ2v) is 9.58. The van der Waals surface area contributed by atoms with Gasteiger partial charge in [0, 0.05) is 42.8 Å². The zero-order chi connectivity index (χ0) is 28.9. The van der Waals surface area contributed by atoms with Crippen LogP contribution in [0.1, 0.15) is 36.8 Å². The van der Waals surface area contributed by atoms with E-state index in [0.29, 0.717) is 54.7 Å². The molecule has 1 fully saturated rings. The van der Waals surface area contributed by atoms with Crippen LogP contribution >= 0.6 is 0 Å². The summed E-state index contributed by atoms with van der Waals surface area (Å²) in [5.74, 6) is 6.16. The van der Waals surface area contributed by atoms with E-state index in [9.17, 15) is 8.78 Å². The second kappa shape index (κ2) is 12.4. The molecule has 4 rings (SSSR count). The van der Waals surface area contributed by atoms with Gasteiger partial charge >= 0.3 is 0 Å². The quantitative estimate of drug-likeness (QED) is 0.256. The van der Waals surface area contributed by atoms with E-state index in [0.717, 1.165) is 16.1 Å². The average molecular weight is 559 g/mol. The number of nitrogen functional groups attached to an aromatic ring is 1. The predicted octanol–water partition coefficient (Wildman–Crippen LogP) is 4.56. The zero-order valence-electron chi connectivity index (χ0n) is 23.2. The Morgan fingerprint density at radius 2 is 1.40 bits per heavy atom. The molecule has 216 valence electrons. The molecule has 1 aliphatic carbocycles. The first-order valence-electron chi connectivity index (χ1n) is 12.9. The number of ether oxygens (including phenoxy) is 4. The first-order chi connectivity index (χ1) is 19.2. The smallest absolute Gasteiger partial charge is 0.269 e. The topological polar surface area (TPSA) is 121 Å². The number of halogens is 2. The molecule has 0 radical (unpaired) electrons. The third-order valence-electron chi connectivity index (χ3n) is 7.16. The third kappa shape index (κ3) is 6.06. The molecular formula is C28H36F2N6O4. The minimum Gasteiger partial charge on any atom is -0.497 e. The summed E-state index contributed by atoms with van der Waals surface area (Å²) in [6.45, 7) is 0.598. The van der Waals surface area contributed by atoms with Crippen LogP contribution in [0.25, 0.3) is 0 Å². The number of methoxy groups -OCH3 is 4. The molecule has 12 heteroatoms. The summed E-state index contributed by atoms with van der Waals surface area (Å²) in [7, 11) is 6.30. The van der Waals surface area contributed by atoms with Gasteiger partial charge in [-0.15, -0.1) is 0 Å². The van der Waals surface area contributed by atoms with Gasteiger partial charge in [-0.25, -0.2) is 24.6 Å². The van der Waals surface area contributed by atoms with E-state index >= 15 is 0 Å². The molecule has 3 aromatic rings. The fourth-order valence-corrected chi connectivity index (χ4v) is 4.98. The first kappa shape index (κ1) is 28.9. The van der Waals surface area contributed by atoms with Gasteiger partial charge in [0.1, 0.15) is 41.1 Å². The lowest BCUT2D eigenvalue weighted by atomic mass is 9.91. The summed E-state index contributed by atoms with van der Waals surface area (Å²) in [6, 6.07) is 9.75. The van der Waals surface area contributed by atoms with Gasteiger partial charge in [0.15, 0.2) is 11.6 Å². The maximum atomic E-state index is 14.8. The van der Waals surface area contributed by atoms with Crippen molar-refractivity contribution in [3.8, 4) is 23.0 Å². The van der Waals surface area contributed by atoms with E-state index in [1.807, 2.05) is 29.2 Å². The number of hydrogen-bond acceptors (Lipinski definition) is 10. The van der Waals surface area contributed by atoms with E-state index < -0.39 is 12.0 Å². The maximum Gasteiger partial charge on any atom is 0.269 e. The number of nitrogens with zero attached hydrogens (tertiary/aromatic N) is 4. The van der Waals surface area contributed by atoms with Crippen LogP contribution in [0.15, 0.2) is 42.7 Å². The summed E-state index contributed by atoms with van der Waals surface area (Å²) < 4.78 is 51.5. The van der Waals surface area contributed by atoms with Crippen molar-refractivity contribution in [3.63, 3.8) is 0 Å². The molecule has 10 nitrogen and oxygen atoms in total. The van der Waals surface area contributed by atoms with Crippen LogP contribution in [-0.4, -0.2) is 50.4 Å². The van der Waals surface area contributed by atoms with Crippen LogP contribution in [0.2, 0.25) is 0 Å². The number of hydrazine groups is 1. The first-order valence-corrected chi connectivity index (χ1v) is 12.9. The summed E-state index contributed by atoms with van der Waals surface area (Å²) in [5.41, 5.74) is 8.31. The SMILES string of the molecule is COc1ccc(CN(Cc2ccc(OC)cc2OC)c2ncnc(N(N)C3CCCCC3(F)F)c2N)c(OC)c1. The lowest BCUT2D eigenvalue weighted by molar-refractivity contribution is -0.0542. The standard InChI is InChI=1S/C28H36F2N6O4/c1-37-20-10-8-18(22(13-20)39-3)15-35(16-19-9-11-21(38-2)14-23(19)40-4)26-25(31)27(34-17-33-26)36(32)24-7-5-6-12-28(24,29)30/h8-11,13-14,17,24H,5-7,12,15-16,31-32H2,1-4H3. The Bertz CT molecular complexity index is 1250. The number of hydrogen-bond donors (Lipinski definition) is 2. The monoisotopic (exact) mass is 558 g/mol. The Hall–Kier alpha value is -4.06. The molecule has 1 saturated carbocycles. The van der Waals surface area contributed by atoms with Gasteiger partial charge in [0.2, 0.25) is 0 Å². The van der Waals surface area contributed by atoms with E-state index in [-0.39, 0.29) is 24.3 Å². The molecule has 1 aliphatic rings. The minimum atomic E-state index is -2.96. The van der Waals surface area contributed by atoms with Gasteiger partial charge in [-0.3, -0.25) is 5.01 Å². The van der Waals surface area contributed by atoms with Gasteiger partial charge in [-0.05, 0) is 37.1 Å². The van der Waals surface area contributed by atoms with Crippen LogP contribution in [0.4, 0.5) is 26.1 Å². The van der Waals surface area contributed by atoms with E-state index in [2.05, 4.69) is 9.97 Å². The van der Waals surface area contributed by atoms with Crippen molar-refractivity contribution < 1.29 is 27.7 Å². The highest BCUT2D eigenvalue weighted by atomic mass is 19.3. The Labute approximate surface area is 232 Å². The Morgan fingerprint density at radius 1 is 0.850 bits per heavy atom. The summed E-state index contributed by atoms with van der Waals surface area (Å²) in [4.78, 5) is 10.6. The molecule has 0 bridgehead atoms. The average Bonchev–Trinajstić information content (AvgIpc) is 2.96. The van der Waals surface area contributed by atoms with Gasteiger partial charge in [-0.1, -0.05) is 6.42 Å². The van der Waals surface area contributed by atoms with Crippen LogP contribution in [-0.2, 0) is 13.1 Å². The van der Waals surface area contributed by atoms with E-state index in [1.165, 1.54) is 6.33 Å². The molecule has 0 amide bonds. The summed E-state index contributed by atoms with van der Waals surface area (Å²) in [5, 5.41) is 1.000. The number of alkyl halides is 2. The van der Waals surface area contributed by atoms with Gasteiger partial charge in [0.25, 0.3) is 5.92 Å². The second-order valence-electron chi connectivity index (χ2n) is 9.58. The van der Waals surface area contributed by atoms with Crippen LogP contribution in [0.3, 0.4) is 0 Å². The van der Waals surface area contributed by atoms with Gasteiger partial charge in [0.05, 0.1) is 28.4 Å². The summed E-state index contributed by atoms with van der Waals surface area (Å²) in [6.07, 6.45) is 2.38. The highest BCUT2D eigenvalue weighted by Crippen LogP contribution is 2.40. The minimum absolute atomic E-state index is 0.0463. The number of rotatable bonds is 11. The van der Waals surface area contributed by atoms with Crippen molar-refractivity contribution >= 4 is 17.3 Å². The van der Waals surface area contributed by atoms with Crippen molar-refractivity contribution in [3.05, 3.63) is 53.9 Å². The highest BCUT2D eigenvalue weighted by molar-refractivity contribution is 5.76. The molecule has 1 unspecified atom stereocenters. The van der Waals surface area contributed by atoms with Crippen molar-refractivity contribution in [2.75, 3.05) is 44.1 Å². The molecule has 0 spiro atoms. The number of nitrogens with two attached hydrogens (primary N) is 2. The van der Waals surface area contributed by atoms with Crippen LogP contribution < -0.4 is 40.4 Å². The molecule has 0 aliphatic heterocycles. The van der Waals surface area contributed by atoms with Crippen molar-refractivity contribution in [2.24, 2.45) is 5.84 Å². The number of anilines is 3. The largest absolute Gasteiger partial charge is 0.497 e. The molecular weight excluding hydrogens is 522 g/mol. The maximum absolute atomic E-state index is 14.8. The lowest BCUT2D eigenvalue weighted by Gasteiger charge is -2.38. The van der Waals surface area contributed by atoms with E-state index in [4.69, 9.17) is 30.5 Å². The molecule has 40 heavy (non-hydrogen) atoms. The third-order valence-corrected chi connectivity index (χ3v) is 7.16. The predicted molar refractivity (Wildman–Crippen MR) is 149 cm³/mol. The Balaban J connectivity index is 1.77. The normalized spacial score (nSPS) is 16.2. The highest BCUT2D eigenvalue weighted by Gasteiger charge is 2.45. The Morgan fingerprint density at radius 3 is 1.90 bits per heavy atom.